The molecule has 0 aliphatic rings. The van der Waals surface area contributed by atoms with Gasteiger partial charge in [0.2, 0.25) is 10.0 Å². The normalized spacial score (nSPS) is 11.3. The first kappa shape index (κ1) is 23.2. The molecule has 0 amide bonds. The fraction of sp³-hybridized carbons (Fsp3) is 0.217. The maximum atomic E-state index is 13.3. The van der Waals surface area contributed by atoms with Crippen LogP contribution in [0.1, 0.15) is 12.0 Å². The summed E-state index contributed by atoms with van der Waals surface area (Å²) in [6.07, 6.45) is 7.59. The van der Waals surface area contributed by atoms with Gasteiger partial charge in [0.15, 0.2) is 0 Å². The maximum Gasteiger partial charge on any atom is 0.321 e. The molecule has 0 radical (unpaired) electrons. The van der Waals surface area contributed by atoms with E-state index in [-0.39, 0.29) is 11.4 Å². The highest BCUT2D eigenvalue weighted by Crippen LogP contribution is 2.22. The quantitative estimate of drug-likeness (QED) is 0.251. The van der Waals surface area contributed by atoms with E-state index in [1.54, 1.807) is 30.7 Å². The summed E-state index contributed by atoms with van der Waals surface area (Å²) in [6.45, 7) is 3.70. The molecule has 0 unspecified atom stereocenters. The lowest BCUT2D eigenvalue weighted by Gasteiger charge is -2.21. The number of ether oxygens (including phenoxy) is 2. The van der Waals surface area contributed by atoms with Gasteiger partial charge in [0.05, 0.1) is 24.9 Å². The van der Waals surface area contributed by atoms with Gasteiger partial charge in [-0.3, -0.25) is 4.79 Å². The Labute approximate surface area is 187 Å². The van der Waals surface area contributed by atoms with Gasteiger partial charge >= 0.3 is 5.97 Å². The zero-order chi connectivity index (χ0) is 23.0. The number of esters is 1. The van der Waals surface area contributed by atoms with Crippen LogP contribution in [-0.4, -0.2) is 48.5 Å². The number of nitrogens with zero attached hydrogens (tertiary/aromatic N) is 3. The fourth-order valence-electron chi connectivity index (χ4n) is 2.94. The summed E-state index contributed by atoms with van der Waals surface area (Å²) in [6, 6.07) is 13.4. The van der Waals surface area contributed by atoms with Crippen molar-refractivity contribution in [3.63, 3.8) is 0 Å². The highest BCUT2D eigenvalue weighted by molar-refractivity contribution is 7.89. The number of carbonyl (C=O) groups is 1. The van der Waals surface area contributed by atoms with Gasteiger partial charge in [0.1, 0.15) is 12.3 Å². The van der Waals surface area contributed by atoms with Crippen molar-refractivity contribution in [2.24, 2.45) is 0 Å². The van der Waals surface area contributed by atoms with Gasteiger partial charge in [-0.05, 0) is 48.4 Å². The zero-order valence-electron chi connectivity index (χ0n) is 17.8. The van der Waals surface area contributed by atoms with E-state index in [9.17, 15) is 13.2 Å². The van der Waals surface area contributed by atoms with Crippen LogP contribution >= 0.6 is 0 Å². The van der Waals surface area contributed by atoms with E-state index in [0.717, 1.165) is 15.6 Å². The first-order valence-corrected chi connectivity index (χ1v) is 11.4. The van der Waals surface area contributed by atoms with Crippen molar-refractivity contribution in [2.75, 3.05) is 20.3 Å². The average Bonchev–Trinajstić information content (AvgIpc) is 3.34. The summed E-state index contributed by atoms with van der Waals surface area (Å²) in [5, 5.41) is 0. The van der Waals surface area contributed by atoms with E-state index >= 15 is 0 Å². The van der Waals surface area contributed by atoms with Crippen LogP contribution in [0, 0.1) is 0 Å². The number of sulfonamides is 1. The van der Waals surface area contributed by atoms with E-state index in [1.165, 1.54) is 19.2 Å². The molecular weight excluding hydrogens is 430 g/mol. The fourth-order valence-corrected chi connectivity index (χ4v) is 4.31. The third-order valence-electron chi connectivity index (χ3n) is 4.68. The second kappa shape index (κ2) is 10.7. The van der Waals surface area contributed by atoms with E-state index in [1.807, 2.05) is 35.0 Å². The molecule has 3 aromatic rings. The van der Waals surface area contributed by atoms with Crippen molar-refractivity contribution in [3.05, 3.63) is 85.5 Å². The molecule has 1 aromatic heterocycles. The molecule has 8 nitrogen and oxygen atoms in total. The molecule has 0 bridgehead atoms. The lowest BCUT2D eigenvalue weighted by molar-refractivity contribution is -0.140. The minimum atomic E-state index is -3.95. The molecule has 168 valence electrons. The number of carbonyl (C=O) groups excluding carboxylic acids is 1. The molecule has 0 saturated carbocycles. The Bertz CT molecular complexity index is 1130. The molecule has 1 heterocycles. The average molecular weight is 456 g/mol. The first-order valence-electron chi connectivity index (χ1n) is 9.92. The summed E-state index contributed by atoms with van der Waals surface area (Å²) in [5.74, 6) is -0.0894. The second-order valence-electron chi connectivity index (χ2n) is 6.88. The third kappa shape index (κ3) is 5.83. The minimum absolute atomic E-state index is 0.0131. The Hall–Kier alpha value is -3.43. The summed E-state index contributed by atoms with van der Waals surface area (Å²) in [7, 11) is -2.73. The Morgan fingerprint density at radius 2 is 1.88 bits per heavy atom. The molecule has 32 heavy (non-hydrogen) atoms. The number of hydrogen-bond donors (Lipinski definition) is 0. The molecule has 0 atom stereocenters. The molecule has 0 N–H and O–H groups in total. The zero-order valence-corrected chi connectivity index (χ0v) is 18.6. The van der Waals surface area contributed by atoms with Crippen LogP contribution in [0.5, 0.6) is 5.75 Å². The Morgan fingerprint density at radius 1 is 1.16 bits per heavy atom. The number of rotatable bonds is 11. The molecule has 0 aliphatic carbocycles. The van der Waals surface area contributed by atoms with Crippen molar-refractivity contribution in [2.45, 2.75) is 17.9 Å². The van der Waals surface area contributed by atoms with E-state index in [0.29, 0.717) is 18.8 Å². The van der Waals surface area contributed by atoms with Gasteiger partial charge in [0, 0.05) is 24.6 Å². The van der Waals surface area contributed by atoms with Gasteiger partial charge in [-0.25, -0.2) is 13.4 Å². The van der Waals surface area contributed by atoms with Crippen LogP contribution < -0.4 is 4.74 Å². The van der Waals surface area contributed by atoms with Crippen molar-refractivity contribution >= 4 is 16.0 Å². The second-order valence-corrected chi connectivity index (χ2v) is 8.82. The predicted molar refractivity (Wildman–Crippen MR) is 120 cm³/mol. The highest BCUT2D eigenvalue weighted by Gasteiger charge is 2.27. The molecule has 0 fully saturated rings. The van der Waals surface area contributed by atoms with Gasteiger partial charge in [0.25, 0.3) is 0 Å². The van der Waals surface area contributed by atoms with E-state index < -0.39 is 22.5 Å². The molecular formula is C23H25N3O5S. The van der Waals surface area contributed by atoms with Crippen LogP contribution in [0.15, 0.2) is 84.8 Å². The molecule has 3 rings (SSSR count). The summed E-state index contributed by atoms with van der Waals surface area (Å²) in [5.41, 5.74) is 1.62. The number of imidazole rings is 1. The minimum Gasteiger partial charge on any atom is -0.493 e. The van der Waals surface area contributed by atoms with Gasteiger partial charge in [-0.2, -0.15) is 4.31 Å². The smallest absolute Gasteiger partial charge is 0.321 e. The lowest BCUT2D eigenvalue weighted by Crippen LogP contribution is -2.35. The monoisotopic (exact) mass is 455 g/mol. The Morgan fingerprint density at radius 3 is 2.47 bits per heavy atom. The Balaban J connectivity index is 1.80. The van der Waals surface area contributed by atoms with Crippen LogP contribution in [0.25, 0.3) is 5.69 Å². The molecule has 0 spiro atoms. The number of benzene rings is 2. The third-order valence-corrected chi connectivity index (χ3v) is 6.49. The predicted octanol–water partition coefficient (Wildman–Crippen LogP) is 3.19. The topological polar surface area (TPSA) is 90.7 Å². The Kier molecular flexibility index (Phi) is 7.80. The SMILES string of the molecule is C=CCCOc1ccc(S(=O)(=O)N(CC(=O)OC)Cc2ccc(-n3ccnc3)cc2)cc1. The standard InChI is InChI=1S/C23H25N3O5S/c1-3-4-15-31-21-9-11-22(12-10-21)32(28,29)26(17-23(27)30-2)16-19-5-7-20(8-6-19)25-14-13-24-18-25/h3,5-14,18H,1,4,15-17H2,2H3. The summed E-state index contributed by atoms with van der Waals surface area (Å²) in [4.78, 5) is 16.0. The van der Waals surface area contributed by atoms with Crippen LogP contribution in [0.4, 0.5) is 0 Å². The molecule has 0 saturated heterocycles. The van der Waals surface area contributed by atoms with Crippen molar-refractivity contribution in [1.29, 1.82) is 0 Å². The summed E-state index contributed by atoms with van der Waals surface area (Å²) < 4.78 is 39.7. The molecule has 9 heteroatoms. The first-order chi connectivity index (χ1) is 15.4. The van der Waals surface area contributed by atoms with Crippen molar-refractivity contribution in [1.82, 2.24) is 13.9 Å². The van der Waals surface area contributed by atoms with Crippen molar-refractivity contribution in [3.8, 4) is 11.4 Å². The van der Waals surface area contributed by atoms with Gasteiger partial charge < -0.3 is 14.0 Å². The van der Waals surface area contributed by atoms with E-state index in [4.69, 9.17) is 9.47 Å². The van der Waals surface area contributed by atoms with Crippen LogP contribution in [-0.2, 0) is 26.1 Å². The maximum absolute atomic E-state index is 13.3. The van der Waals surface area contributed by atoms with Gasteiger partial charge in [-0.1, -0.05) is 18.2 Å². The largest absolute Gasteiger partial charge is 0.493 e. The highest BCUT2D eigenvalue weighted by atomic mass is 32.2. The van der Waals surface area contributed by atoms with Gasteiger partial charge in [-0.15, -0.1) is 6.58 Å². The van der Waals surface area contributed by atoms with Crippen molar-refractivity contribution < 1.29 is 22.7 Å². The molecule has 0 aliphatic heterocycles. The van der Waals surface area contributed by atoms with Crippen LogP contribution in [0.3, 0.4) is 0 Å². The number of aromatic nitrogens is 2. The summed E-state index contributed by atoms with van der Waals surface area (Å²) >= 11 is 0. The molecule has 2 aromatic carbocycles. The lowest BCUT2D eigenvalue weighted by atomic mass is 10.2. The van der Waals surface area contributed by atoms with Crippen LogP contribution in [0.2, 0.25) is 0 Å². The number of methoxy groups -OCH3 is 1. The van der Waals surface area contributed by atoms with E-state index in [2.05, 4.69) is 11.6 Å². The number of hydrogen-bond acceptors (Lipinski definition) is 6.